The number of amides is 1. The fraction of sp³-hybridized carbons (Fsp3) is 0.381. The molecule has 0 unspecified atom stereocenters. The van der Waals surface area contributed by atoms with Crippen LogP contribution in [0.2, 0.25) is 0 Å². The highest BCUT2D eigenvalue weighted by Gasteiger charge is 2.32. The van der Waals surface area contributed by atoms with Gasteiger partial charge in [-0.05, 0) is 68.0 Å². The molecule has 0 bridgehead atoms. The van der Waals surface area contributed by atoms with Crippen molar-refractivity contribution in [2.24, 2.45) is 5.92 Å². The number of carbonyl (C=O) groups excluding carboxylic acids is 1. The summed E-state index contributed by atoms with van der Waals surface area (Å²) in [4.78, 5) is 14.2. The van der Waals surface area contributed by atoms with Gasteiger partial charge in [-0.3, -0.25) is 4.79 Å². The van der Waals surface area contributed by atoms with E-state index < -0.39 is 10.0 Å². The maximum atomic E-state index is 12.8. The summed E-state index contributed by atoms with van der Waals surface area (Å²) < 4.78 is 27.9. The number of piperidine rings is 1. The zero-order valence-corrected chi connectivity index (χ0v) is 19.7. The lowest BCUT2D eigenvalue weighted by molar-refractivity contribution is -0.126. The van der Waals surface area contributed by atoms with Gasteiger partial charge < -0.3 is 5.32 Å². The zero-order chi connectivity index (χ0) is 21.0. The van der Waals surface area contributed by atoms with Crippen LogP contribution in [0.15, 0.2) is 62.8 Å². The van der Waals surface area contributed by atoms with Crippen LogP contribution in [0.4, 0.5) is 0 Å². The van der Waals surface area contributed by atoms with E-state index in [9.17, 15) is 13.2 Å². The molecule has 1 heterocycles. The molecule has 0 saturated carbocycles. The third-order valence-corrected chi connectivity index (χ3v) is 8.44. The average Bonchev–Trinajstić information content (AvgIpc) is 2.74. The Labute approximate surface area is 185 Å². The Hall–Kier alpha value is -1.35. The van der Waals surface area contributed by atoms with E-state index in [1.54, 1.807) is 36.0 Å². The van der Waals surface area contributed by atoms with Gasteiger partial charge >= 0.3 is 0 Å². The number of thioether (sulfide) groups is 1. The minimum atomic E-state index is -3.52. The first-order chi connectivity index (χ1) is 13.8. The molecule has 1 aliphatic rings. The van der Waals surface area contributed by atoms with Crippen molar-refractivity contribution in [3.63, 3.8) is 0 Å². The molecular formula is C21H25BrN2O3S2. The van der Waals surface area contributed by atoms with Crippen LogP contribution in [0, 0.1) is 5.92 Å². The van der Waals surface area contributed by atoms with Gasteiger partial charge in [-0.15, -0.1) is 11.8 Å². The van der Waals surface area contributed by atoms with E-state index in [0.717, 1.165) is 10.0 Å². The zero-order valence-electron chi connectivity index (χ0n) is 16.5. The lowest BCUT2D eigenvalue weighted by Gasteiger charge is -2.31. The number of rotatable bonds is 6. The summed E-state index contributed by atoms with van der Waals surface area (Å²) in [5, 5.41) is 3.08. The van der Waals surface area contributed by atoms with Gasteiger partial charge in [-0.2, -0.15) is 4.31 Å². The summed E-state index contributed by atoms with van der Waals surface area (Å²) in [6.07, 6.45) is 3.09. The predicted octanol–water partition coefficient (Wildman–Crippen LogP) is 4.45. The number of benzene rings is 2. The summed E-state index contributed by atoms with van der Waals surface area (Å²) in [7, 11) is -3.52. The van der Waals surface area contributed by atoms with E-state index in [1.807, 2.05) is 37.4 Å². The standard InChI is InChI=1S/C21H25BrN2O3S2/c1-15(16-3-7-19(28-2)8-4-16)23-21(25)17-11-13-24(14-12-17)29(26,27)20-9-5-18(22)6-10-20/h3-10,15,17H,11-14H2,1-2H3,(H,23,25)/t15-/m1/s1. The summed E-state index contributed by atoms with van der Waals surface area (Å²) in [6.45, 7) is 2.68. The second-order valence-corrected chi connectivity index (χ2v) is 10.9. The number of hydrogen-bond donors (Lipinski definition) is 1. The summed E-state index contributed by atoms with van der Waals surface area (Å²) in [5.41, 5.74) is 1.06. The summed E-state index contributed by atoms with van der Waals surface area (Å²) >= 11 is 5.01. The number of sulfonamides is 1. The van der Waals surface area contributed by atoms with Crippen LogP contribution >= 0.6 is 27.7 Å². The fourth-order valence-corrected chi connectivity index (χ4v) is 5.56. The third kappa shape index (κ3) is 5.42. The third-order valence-electron chi connectivity index (χ3n) is 5.25. The normalized spacial score (nSPS) is 17.1. The minimum Gasteiger partial charge on any atom is -0.349 e. The Morgan fingerprint density at radius 1 is 1.10 bits per heavy atom. The van der Waals surface area contributed by atoms with Gasteiger partial charge in [-0.25, -0.2) is 8.42 Å². The van der Waals surface area contributed by atoms with Gasteiger partial charge in [0.2, 0.25) is 15.9 Å². The van der Waals surface area contributed by atoms with Crippen LogP contribution in [0.1, 0.15) is 31.4 Å². The number of nitrogens with one attached hydrogen (secondary N) is 1. The first kappa shape index (κ1) is 22.3. The molecular weight excluding hydrogens is 472 g/mol. The summed E-state index contributed by atoms with van der Waals surface area (Å²) in [5.74, 6) is -0.175. The van der Waals surface area contributed by atoms with E-state index in [1.165, 1.54) is 9.20 Å². The molecule has 1 atom stereocenters. The highest BCUT2D eigenvalue weighted by atomic mass is 79.9. The maximum absolute atomic E-state index is 12.8. The van der Waals surface area contributed by atoms with Crippen molar-refractivity contribution in [1.29, 1.82) is 0 Å². The topological polar surface area (TPSA) is 66.5 Å². The minimum absolute atomic E-state index is 0.00728. The molecule has 5 nitrogen and oxygen atoms in total. The molecule has 2 aromatic carbocycles. The molecule has 156 valence electrons. The molecule has 1 fully saturated rings. The largest absolute Gasteiger partial charge is 0.349 e. The highest BCUT2D eigenvalue weighted by molar-refractivity contribution is 9.10. The van der Waals surface area contributed by atoms with Crippen LogP contribution in [0.5, 0.6) is 0 Å². The molecule has 2 aromatic rings. The molecule has 3 rings (SSSR count). The van der Waals surface area contributed by atoms with E-state index in [0.29, 0.717) is 25.9 Å². The van der Waals surface area contributed by atoms with Crippen molar-refractivity contribution in [3.8, 4) is 0 Å². The fourth-order valence-electron chi connectivity index (χ4n) is 3.42. The molecule has 0 spiro atoms. The lowest BCUT2D eigenvalue weighted by atomic mass is 9.96. The highest BCUT2D eigenvalue weighted by Crippen LogP contribution is 2.26. The van der Waals surface area contributed by atoms with Gasteiger partial charge in [0, 0.05) is 28.4 Å². The second-order valence-electron chi connectivity index (χ2n) is 7.14. The van der Waals surface area contributed by atoms with Crippen molar-refractivity contribution in [2.45, 2.75) is 35.6 Å². The van der Waals surface area contributed by atoms with E-state index in [2.05, 4.69) is 21.2 Å². The van der Waals surface area contributed by atoms with Crippen LogP contribution in [-0.4, -0.2) is 38.0 Å². The van der Waals surface area contributed by atoms with Crippen LogP contribution in [-0.2, 0) is 14.8 Å². The van der Waals surface area contributed by atoms with Gasteiger partial charge in [-0.1, -0.05) is 28.1 Å². The second kappa shape index (κ2) is 9.64. The summed E-state index contributed by atoms with van der Waals surface area (Å²) in [6, 6.07) is 14.7. The van der Waals surface area contributed by atoms with Crippen molar-refractivity contribution in [1.82, 2.24) is 9.62 Å². The first-order valence-electron chi connectivity index (χ1n) is 9.51. The Bertz CT molecular complexity index is 939. The van der Waals surface area contributed by atoms with Gasteiger partial charge in [0.05, 0.1) is 10.9 Å². The predicted molar refractivity (Wildman–Crippen MR) is 120 cm³/mol. The Morgan fingerprint density at radius 3 is 2.24 bits per heavy atom. The smallest absolute Gasteiger partial charge is 0.243 e. The quantitative estimate of drug-likeness (QED) is 0.599. The molecule has 8 heteroatoms. The van der Waals surface area contributed by atoms with Crippen molar-refractivity contribution in [3.05, 3.63) is 58.6 Å². The Morgan fingerprint density at radius 2 is 1.69 bits per heavy atom. The average molecular weight is 497 g/mol. The molecule has 1 amide bonds. The molecule has 1 aliphatic heterocycles. The molecule has 0 aromatic heterocycles. The van der Waals surface area contributed by atoms with Crippen LogP contribution < -0.4 is 5.32 Å². The molecule has 1 N–H and O–H groups in total. The lowest BCUT2D eigenvalue weighted by Crippen LogP contribution is -2.43. The molecule has 29 heavy (non-hydrogen) atoms. The first-order valence-corrected chi connectivity index (χ1v) is 13.0. The van der Waals surface area contributed by atoms with Gasteiger partial charge in [0.15, 0.2) is 0 Å². The van der Waals surface area contributed by atoms with Crippen LogP contribution in [0.25, 0.3) is 0 Å². The van der Waals surface area contributed by atoms with E-state index >= 15 is 0 Å². The van der Waals surface area contributed by atoms with Gasteiger partial charge in [0.25, 0.3) is 0 Å². The Kier molecular flexibility index (Phi) is 7.42. The number of nitrogens with zero attached hydrogens (tertiary/aromatic N) is 1. The van der Waals surface area contributed by atoms with Gasteiger partial charge in [0.1, 0.15) is 0 Å². The number of carbonyl (C=O) groups is 1. The SMILES string of the molecule is CSc1ccc([C@@H](C)NC(=O)C2CCN(S(=O)(=O)c3ccc(Br)cc3)CC2)cc1. The monoisotopic (exact) mass is 496 g/mol. The van der Waals surface area contributed by atoms with Crippen LogP contribution in [0.3, 0.4) is 0 Å². The van der Waals surface area contributed by atoms with E-state index in [4.69, 9.17) is 0 Å². The number of halogens is 1. The maximum Gasteiger partial charge on any atom is 0.243 e. The van der Waals surface area contributed by atoms with Crippen molar-refractivity contribution in [2.75, 3.05) is 19.3 Å². The molecule has 0 radical (unpaired) electrons. The van der Waals surface area contributed by atoms with Crippen molar-refractivity contribution < 1.29 is 13.2 Å². The van der Waals surface area contributed by atoms with E-state index in [-0.39, 0.29) is 22.8 Å². The van der Waals surface area contributed by atoms with Crippen molar-refractivity contribution >= 4 is 43.6 Å². The Balaban J connectivity index is 1.56. The number of hydrogen-bond acceptors (Lipinski definition) is 4. The molecule has 1 saturated heterocycles. The molecule has 0 aliphatic carbocycles.